The summed E-state index contributed by atoms with van der Waals surface area (Å²) in [6.07, 6.45) is 4.03. The molecule has 0 N–H and O–H groups in total. The zero-order valence-corrected chi connectivity index (χ0v) is 16.1. The highest BCUT2D eigenvalue weighted by Gasteiger charge is 2.29. The van der Waals surface area contributed by atoms with Gasteiger partial charge < -0.3 is 9.30 Å². The second-order valence-corrected chi connectivity index (χ2v) is 7.44. The second-order valence-electron chi connectivity index (χ2n) is 6.49. The van der Waals surface area contributed by atoms with E-state index in [1.807, 2.05) is 18.4 Å². The maximum Gasteiger partial charge on any atom is 0.241 e. The van der Waals surface area contributed by atoms with Gasteiger partial charge in [-0.1, -0.05) is 35.9 Å². The number of rotatable bonds is 4. The van der Waals surface area contributed by atoms with E-state index >= 15 is 0 Å². The molecule has 0 saturated heterocycles. The third-order valence-corrected chi connectivity index (χ3v) is 5.17. The maximum absolute atomic E-state index is 12.8. The Hall–Kier alpha value is -2.27. The molecule has 3 rings (SSSR count). The van der Waals surface area contributed by atoms with E-state index in [1.165, 1.54) is 5.56 Å². The molecule has 0 aliphatic carbocycles. The SMILES string of the molecule is CSC(C(=O)N(C)C)c1c(-c2ccc(C)cc2)nc2ccc(C)cn12. The largest absolute Gasteiger partial charge is 0.348 e. The van der Waals surface area contributed by atoms with Gasteiger partial charge in [-0.15, -0.1) is 11.8 Å². The fraction of sp³-hybridized carbons (Fsp3) is 0.300. The molecule has 0 aliphatic rings. The van der Waals surface area contributed by atoms with E-state index in [-0.39, 0.29) is 11.2 Å². The van der Waals surface area contributed by atoms with E-state index < -0.39 is 0 Å². The van der Waals surface area contributed by atoms with Crippen molar-refractivity contribution in [2.45, 2.75) is 19.1 Å². The first-order chi connectivity index (χ1) is 11.9. The van der Waals surface area contributed by atoms with Crippen molar-refractivity contribution in [3.8, 4) is 11.3 Å². The van der Waals surface area contributed by atoms with E-state index in [0.717, 1.165) is 28.2 Å². The van der Waals surface area contributed by atoms with Crippen LogP contribution in [0.1, 0.15) is 22.1 Å². The third kappa shape index (κ3) is 3.29. The van der Waals surface area contributed by atoms with Gasteiger partial charge in [0.1, 0.15) is 10.9 Å². The van der Waals surface area contributed by atoms with Crippen LogP contribution in [0, 0.1) is 13.8 Å². The van der Waals surface area contributed by atoms with Gasteiger partial charge in [-0.2, -0.15) is 0 Å². The molecule has 5 heteroatoms. The van der Waals surface area contributed by atoms with Crippen molar-refractivity contribution >= 4 is 23.3 Å². The highest BCUT2D eigenvalue weighted by Crippen LogP contribution is 2.36. The molecule has 1 unspecified atom stereocenters. The first-order valence-corrected chi connectivity index (χ1v) is 9.50. The summed E-state index contributed by atoms with van der Waals surface area (Å²) < 4.78 is 2.06. The van der Waals surface area contributed by atoms with Gasteiger partial charge in [0, 0.05) is 25.9 Å². The lowest BCUT2D eigenvalue weighted by Gasteiger charge is -2.20. The first-order valence-electron chi connectivity index (χ1n) is 8.22. The van der Waals surface area contributed by atoms with Crippen LogP contribution in [-0.2, 0) is 4.79 Å². The number of nitrogens with zero attached hydrogens (tertiary/aromatic N) is 3. The first kappa shape index (κ1) is 17.5. The van der Waals surface area contributed by atoms with Gasteiger partial charge in [-0.3, -0.25) is 4.79 Å². The lowest BCUT2D eigenvalue weighted by molar-refractivity contribution is -0.128. The molecule has 25 heavy (non-hydrogen) atoms. The zero-order chi connectivity index (χ0) is 18.1. The normalized spacial score (nSPS) is 12.4. The molecule has 0 aliphatic heterocycles. The van der Waals surface area contributed by atoms with Crippen molar-refractivity contribution in [3.63, 3.8) is 0 Å². The van der Waals surface area contributed by atoms with Gasteiger partial charge in [0.25, 0.3) is 0 Å². The minimum Gasteiger partial charge on any atom is -0.348 e. The number of carbonyl (C=O) groups is 1. The fourth-order valence-electron chi connectivity index (χ4n) is 2.91. The molecule has 4 nitrogen and oxygen atoms in total. The van der Waals surface area contributed by atoms with Crippen LogP contribution in [0.2, 0.25) is 0 Å². The average Bonchev–Trinajstić information content (AvgIpc) is 2.95. The van der Waals surface area contributed by atoms with Crippen LogP contribution in [0.5, 0.6) is 0 Å². The zero-order valence-electron chi connectivity index (χ0n) is 15.3. The molecule has 2 heterocycles. The predicted molar refractivity (Wildman–Crippen MR) is 105 cm³/mol. The van der Waals surface area contributed by atoms with Crippen molar-refractivity contribution in [1.29, 1.82) is 0 Å². The van der Waals surface area contributed by atoms with Crippen molar-refractivity contribution in [2.75, 3.05) is 20.4 Å². The summed E-state index contributed by atoms with van der Waals surface area (Å²) in [6, 6.07) is 12.4. The number of thioether (sulfide) groups is 1. The molecular weight excluding hydrogens is 330 g/mol. The molecule has 0 bridgehead atoms. The smallest absolute Gasteiger partial charge is 0.241 e. The topological polar surface area (TPSA) is 37.6 Å². The summed E-state index contributed by atoms with van der Waals surface area (Å²) in [6.45, 7) is 4.12. The lowest BCUT2D eigenvalue weighted by Crippen LogP contribution is -2.27. The number of aryl methyl sites for hydroxylation is 2. The monoisotopic (exact) mass is 353 g/mol. The Bertz CT molecular complexity index is 913. The Morgan fingerprint density at radius 2 is 1.72 bits per heavy atom. The number of hydrogen-bond acceptors (Lipinski definition) is 3. The van der Waals surface area contributed by atoms with Crippen LogP contribution >= 0.6 is 11.8 Å². The molecule has 2 aromatic heterocycles. The minimum atomic E-state index is -0.303. The summed E-state index contributed by atoms with van der Waals surface area (Å²) >= 11 is 1.54. The van der Waals surface area contributed by atoms with Gasteiger partial charge in [0.2, 0.25) is 5.91 Å². The third-order valence-electron chi connectivity index (χ3n) is 4.28. The summed E-state index contributed by atoms with van der Waals surface area (Å²) in [5.74, 6) is 0.0733. The fourth-order valence-corrected chi connectivity index (χ4v) is 3.77. The summed E-state index contributed by atoms with van der Waals surface area (Å²) in [7, 11) is 3.59. The van der Waals surface area contributed by atoms with Crippen molar-refractivity contribution in [2.24, 2.45) is 0 Å². The van der Waals surface area contributed by atoms with Gasteiger partial charge in [-0.05, 0) is 31.7 Å². The summed E-state index contributed by atoms with van der Waals surface area (Å²) in [4.78, 5) is 19.3. The van der Waals surface area contributed by atoms with Gasteiger partial charge in [-0.25, -0.2) is 4.98 Å². The number of fused-ring (bicyclic) bond motifs is 1. The van der Waals surface area contributed by atoms with Gasteiger partial charge in [0.15, 0.2) is 0 Å². The van der Waals surface area contributed by atoms with Crippen LogP contribution in [0.15, 0.2) is 42.6 Å². The lowest BCUT2D eigenvalue weighted by atomic mass is 10.1. The number of likely N-dealkylation sites (N-methyl/N-ethyl adjacent to an activating group) is 1. The number of aromatic nitrogens is 2. The number of amides is 1. The second kappa shape index (κ2) is 6.92. The van der Waals surface area contributed by atoms with Crippen LogP contribution < -0.4 is 0 Å². The Morgan fingerprint density at radius 3 is 2.32 bits per heavy atom. The minimum absolute atomic E-state index is 0.0733. The molecule has 130 valence electrons. The molecule has 1 amide bonds. The maximum atomic E-state index is 12.8. The molecule has 3 aromatic rings. The molecular formula is C20H23N3OS. The van der Waals surface area contributed by atoms with Gasteiger partial charge in [0.05, 0.1) is 11.4 Å². The average molecular weight is 353 g/mol. The number of benzene rings is 1. The molecule has 0 radical (unpaired) electrons. The number of hydrogen-bond donors (Lipinski definition) is 0. The van der Waals surface area contributed by atoms with E-state index in [2.05, 4.69) is 48.7 Å². The molecule has 1 atom stereocenters. The Morgan fingerprint density at radius 1 is 1.08 bits per heavy atom. The Balaban J connectivity index is 2.29. The highest BCUT2D eigenvalue weighted by molar-refractivity contribution is 7.99. The molecule has 0 saturated carbocycles. The van der Waals surface area contributed by atoms with E-state index in [0.29, 0.717) is 0 Å². The van der Waals surface area contributed by atoms with Crippen LogP contribution in [0.4, 0.5) is 0 Å². The molecule has 0 fully saturated rings. The Kier molecular flexibility index (Phi) is 4.86. The summed E-state index contributed by atoms with van der Waals surface area (Å²) in [5.41, 5.74) is 6.05. The molecule has 1 aromatic carbocycles. The summed E-state index contributed by atoms with van der Waals surface area (Å²) in [5, 5.41) is -0.303. The van der Waals surface area contributed by atoms with Crippen molar-refractivity contribution < 1.29 is 4.79 Å². The highest BCUT2D eigenvalue weighted by atomic mass is 32.2. The van der Waals surface area contributed by atoms with E-state index in [4.69, 9.17) is 4.98 Å². The van der Waals surface area contributed by atoms with E-state index in [9.17, 15) is 4.79 Å². The van der Waals surface area contributed by atoms with Crippen molar-refractivity contribution in [1.82, 2.24) is 14.3 Å². The van der Waals surface area contributed by atoms with Crippen molar-refractivity contribution in [3.05, 3.63) is 59.4 Å². The standard InChI is InChI=1S/C20H23N3OS/c1-13-6-9-15(10-7-13)17-18(19(25-5)20(24)22(3)4)23-12-14(2)8-11-16(23)21-17/h6-12,19H,1-5H3. The number of imidazole rings is 1. The van der Waals surface area contributed by atoms with Crippen LogP contribution in [0.3, 0.4) is 0 Å². The Labute approximate surface area is 152 Å². The quantitative estimate of drug-likeness (QED) is 0.708. The predicted octanol–water partition coefficient (Wildman–Crippen LogP) is 4.11. The van der Waals surface area contributed by atoms with Gasteiger partial charge >= 0.3 is 0 Å². The van der Waals surface area contributed by atoms with Crippen LogP contribution in [-0.4, -0.2) is 40.5 Å². The molecule has 0 spiro atoms. The van der Waals surface area contributed by atoms with E-state index in [1.54, 1.807) is 30.8 Å². The van der Waals surface area contributed by atoms with Crippen LogP contribution in [0.25, 0.3) is 16.9 Å². The number of pyridine rings is 1. The number of carbonyl (C=O) groups excluding carboxylic acids is 1.